The van der Waals surface area contributed by atoms with Gasteiger partial charge in [-0.15, -0.1) is 0 Å². The molecule has 0 saturated carbocycles. The van der Waals surface area contributed by atoms with E-state index in [0.29, 0.717) is 19.3 Å². The van der Waals surface area contributed by atoms with Crippen LogP contribution >= 0.6 is 0 Å². The molecule has 0 N–H and O–H groups in total. The second-order valence-corrected chi connectivity index (χ2v) is 18.5. The van der Waals surface area contributed by atoms with E-state index in [1.54, 1.807) is 0 Å². The van der Waals surface area contributed by atoms with Gasteiger partial charge in [0, 0.05) is 19.3 Å². The Morgan fingerprint density at radius 2 is 0.655 bits per heavy atom. The van der Waals surface area contributed by atoms with Gasteiger partial charge in [-0.05, 0) is 31.1 Å². The first-order valence-corrected chi connectivity index (χ1v) is 25.8. The molecule has 0 rings (SSSR count). The average Bonchev–Trinajstić information content (AvgIpc) is 3.21. The molecule has 0 aliphatic heterocycles. The van der Waals surface area contributed by atoms with Gasteiger partial charge in [-0.3, -0.25) is 14.4 Å². The maximum absolute atomic E-state index is 12.8. The zero-order chi connectivity index (χ0) is 42.6. The number of carbonyl (C=O) groups is 3. The normalized spacial score (nSPS) is 12.5. The van der Waals surface area contributed by atoms with Gasteiger partial charge in [0.15, 0.2) is 6.10 Å². The Bertz CT molecular complexity index is 887. The number of unbranched alkanes of at least 4 members (excludes halogenated alkanes) is 30. The molecule has 0 aromatic carbocycles. The Labute approximate surface area is 361 Å². The Hall–Kier alpha value is -1.59. The van der Waals surface area contributed by atoms with E-state index >= 15 is 0 Å². The molecule has 58 heavy (non-hydrogen) atoms. The molecule has 0 radical (unpaired) electrons. The van der Waals surface area contributed by atoms with Crippen molar-refractivity contribution in [1.29, 1.82) is 0 Å². The van der Waals surface area contributed by atoms with Crippen LogP contribution in [0.4, 0.5) is 0 Å². The van der Waals surface area contributed by atoms with Crippen molar-refractivity contribution in [3.05, 3.63) is 0 Å². The standard InChI is InChI=1S/C52H100O6/c1-6-8-9-10-11-12-15-22-27-32-37-42-50(53)56-45-49(58-52(55)44-39-34-29-24-19-18-21-26-31-36-41-48(5)7-2)46-57-51(54)43-38-33-28-23-17-14-13-16-20-25-30-35-40-47(3)4/h47-49H,6-46H2,1-5H3/t48?,49-/m0/s1. The smallest absolute Gasteiger partial charge is 0.306 e. The highest BCUT2D eigenvalue weighted by atomic mass is 16.6. The molecule has 2 atom stereocenters. The monoisotopic (exact) mass is 821 g/mol. The lowest BCUT2D eigenvalue weighted by molar-refractivity contribution is -0.167. The minimum absolute atomic E-state index is 0.0638. The van der Waals surface area contributed by atoms with Crippen LogP contribution in [0.1, 0.15) is 285 Å². The summed E-state index contributed by atoms with van der Waals surface area (Å²) < 4.78 is 16.8. The van der Waals surface area contributed by atoms with Crippen molar-refractivity contribution in [2.24, 2.45) is 11.8 Å². The Balaban J connectivity index is 4.32. The molecule has 0 spiro atoms. The Morgan fingerprint density at radius 1 is 0.362 bits per heavy atom. The third kappa shape index (κ3) is 44.0. The Morgan fingerprint density at radius 3 is 0.983 bits per heavy atom. The molecule has 6 nitrogen and oxygen atoms in total. The molecule has 6 heteroatoms. The molecule has 0 amide bonds. The van der Waals surface area contributed by atoms with Gasteiger partial charge < -0.3 is 14.2 Å². The van der Waals surface area contributed by atoms with Crippen molar-refractivity contribution in [2.45, 2.75) is 291 Å². The zero-order valence-corrected chi connectivity index (χ0v) is 39.7. The fourth-order valence-corrected chi connectivity index (χ4v) is 7.78. The van der Waals surface area contributed by atoms with Crippen LogP contribution in [0, 0.1) is 11.8 Å². The lowest BCUT2D eigenvalue weighted by Gasteiger charge is -2.18. The lowest BCUT2D eigenvalue weighted by atomic mass is 9.99. The van der Waals surface area contributed by atoms with E-state index in [1.807, 2.05) is 0 Å². The van der Waals surface area contributed by atoms with Gasteiger partial charge >= 0.3 is 17.9 Å². The number of esters is 3. The molecule has 0 aromatic heterocycles. The van der Waals surface area contributed by atoms with E-state index in [0.717, 1.165) is 69.6 Å². The third-order valence-electron chi connectivity index (χ3n) is 12.1. The van der Waals surface area contributed by atoms with E-state index in [4.69, 9.17) is 14.2 Å². The quantitative estimate of drug-likeness (QED) is 0.0346. The van der Waals surface area contributed by atoms with Crippen LogP contribution in [0.25, 0.3) is 0 Å². The van der Waals surface area contributed by atoms with Crippen LogP contribution in [0.2, 0.25) is 0 Å². The second-order valence-electron chi connectivity index (χ2n) is 18.5. The van der Waals surface area contributed by atoms with Crippen molar-refractivity contribution in [3.63, 3.8) is 0 Å². The predicted molar refractivity (Wildman–Crippen MR) is 247 cm³/mol. The van der Waals surface area contributed by atoms with Crippen LogP contribution in [0.15, 0.2) is 0 Å². The summed E-state index contributed by atoms with van der Waals surface area (Å²) in [5.41, 5.74) is 0. The van der Waals surface area contributed by atoms with Crippen LogP contribution < -0.4 is 0 Å². The van der Waals surface area contributed by atoms with Crippen molar-refractivity contribution in [1.82, 2.24) is 0 Å². The zero-order valence-electron chi connectivity index (χ0n) is 39.7. The van der Waals surface area contributed by atoms with Crippen molar-refractivity contribution in [2.75, 3.05) is 13.2 Å². The van der Waals surface area contributed by atoms with Gasteiger partial charge in [0.1, 0.15) is 13.2 Å². The summed E-state index contributed by atoms with van der Waals surface area (Å²) in [6.07, 6.45) is 45.0. The molecule has 0 aliphatic rings. The van der Waals surface area contributed by atoms with Gasteiger partial charge in [-0.2, -0.15) is 0 Å². The van der Waals surface area contributed by atoms with E-state index in [1.165, 1.54) is 173 Å². The molecule has 1 unspecified atom stereocenters. The number of rotatable bonds is 46. The van der Waals surface area contributed by atoms with Crippen LogP contribution in [0.5, 0.6) is 0 Å². The molecule has 0 bridgehead atoms. The highest BCUT2D eigenvalue weighted by Gasteiger charge is 2.19. The first-order chi connectivity index (χ1) is 28.3. The van der Waals surface area contributed by atoms with E-state index < -0.39 is 6.10 Å². The summed E-state index contributed by atoms with van der Waals surface area (Å²) in [5, 5.41) is 0. The first-order valence-electron chi connectivity index (χ1n) is 25.8. The summed E-state index contributed by atoms with van der Waals surface area (Å²) >= 11 is 0. The van der Waals surface area contributed by atoms with Crippen LogP contribution in [-0.2, 0) is 28.6 Å². The maximum atomic E-state index is 12.8. The molecular formula is C52H100O6. The summed E-state index contributed by atoms with van der Waals surface area (Å²) in [6.45, 7) is 11.4. The Kier molecular flexibility index (Phi) is 43.7. The fourth-order valence-electron chi connectivity index (χ4n) is 7.78. The SMILES string of the molecule is CCCCCCCCCCCCCC(=O)OC[C@@H](COC(=O)CCCCCCCCCCCCCCC(C)C)OC(=O)CCCCCCCCCCCCC(C)CC. The molecule has 0 heterocycles. The minimum atomic E-state index is -0.761. The van der Waals surface area contributed by atoms with Crippen LogP contribution in [0.3, 0.4) is 0 Å². The number of ether oxygens (including phenoxy) is 3. The molecule has 0 fully saturated rings. The van der Waals surface area contributed by atoms with Crippen molar-refractivity contribution in [3.8, 4) is 0 Å². The molecule has 0 aromatic rings. The summed E-state index contributed by atoms with van der Waals surface area (Å²) in [4.78, 5) is 37.9. The van der Waals surface area contributed by atoms with E-state index in [2.05, 4.69) is 34.6 Å². The largest absolute Gasteiger partial charge is 0.462 e. The number of hydrogen-bond donors (Lipinski definition) is 0. The molecule has 0 saturated heterocycles. The van der Waals surface area contributed by atoms with Crippen LogP contribution in [-0.4, -0.2) is 37.2 Å². The molecular weight excluding hydrogens is 721 g/mol. The van der Waals surface area contributed by atoms with Gasteiger partial charge in [-0.1, -0.05) is 247 Å². The van der Waals surface area contributed by atoms with Crippen molar-refractivity contribution < 1.29 is 28.6 Å². The minimum Gasteiger partial charge on any atom is -0.462 e. The lowest BCUT2D eigenvalue weighted by Crippen LogP contribution is -2.30. The topological polar surface area (TPSA) is 78.9 Å². The van der Waals surface area contributed by atoms with Gasteiger partial charge in [0.2, 0.25) is 0 Å². The third-order valence-corrected chi connectivity index (χ3v) is 12.1. The van der Waals surface area contributed by atoms with E-state index in [-0.39, 0.29) is 31.1 Å². The summed E-state index contributed by atoms with van der Waals surface area (Å²) in [7, 11) is 0. The number of hydrogen-bond acceptors (Lipinski definition) is 6. The van der Waals surface area contributed by atoms with Crippen molar-refractivity contribution >= 4 is 17.9 Å². The van der Waals surface area contributed by atoms with Gasteiger partial charge in [0.25, 0.3) is 0 Å². The summed E-state index contributed by atoms with van der Waals surface area (Å²) in [6, 6.07) is 0. The second kappa shape index (κ2) is 44.9. The van der Waals surface area contributed by atoms with Gasteiger partial charge in [-0.25, -0.2) is 0 Å². The molecule has 0 aliphatic carbocycles. The van der Waals surface area contributed by atoms with E-state index in [9.17, 15) is 14.4 Å². The highest BCUT2D eigenvalue weighted by Crippen LogP contribution is 2.18. The maximum Gasteiger partial charge on any atom is 0.306 e. The fraction of sp³-hybridized carbons (Fsp3) is 0.942. The molecule has 344 valence electrons. The van der Waals surface area contributed by atoms with Gasteiger partial charge in [0.05, 0.1) is 0 Å². The highest BCUT2D eigenvalue weighted by molar-refractivity contribution is 5.71. The first kappa shape index (κ1) is 56.4. The number of carbonyl (C=O) groups excluding carboxylic acids is 3. The predicted octanol–water partition coefficient (Wildman–Crippen LogP) is 16.5. The average molecular weight is 821 g/mol. The summed E-state index contributed by atoms with van der Waals surface area (Å²) in [5.74, 6) is 0.852.